The van der Waals surface area contributed by atoms with Crippen LogP contribution in [-0.4, -0.2) is 6.73 Å². The van der Waals surface area contributed by atoms with Crippen molar-refractivity contribution in [3.63, 3.8) is 0 Å². The molecule has 1 aliphatic rings. The molecule has 5 heteroatoms. The average Bonchev–Trinajstić information content (AvgIpc) is 2.62. The number of halogens is 1. The SMILES string of the molecule is CCCc1cc(=O)oc2c3c(ccc12)OCN(c1ccc(F)cc1)C3. The van der Waals surface area contributed by atoms with Crippen molar-refractivity contribution >= 4 is 16.7 Å². The highest BCUT2D eigenvalue weighted by Crippen LogP contribution is 2.34. The van der Waals surface area contributed by atoms with Gasteiger partial charge < -0.3 is 14.1 Å². The number of fused-ring (bicyclic) bond motifs is 3. The number of benzene rings is 2. The lowest BCUT2D eigenvalue weighted by Gasteiger charge is -2.31. The maximum Gasteiger partial charge on any atom is 0.336 e. The first-order valence-corrected chi connectivity index (χ1v) is 8.37. The van der Waals surface area contributed by atoms with Gasteiger partial charge in [-0.2, -0.15) is 0 Å². The number of rotatable bonds is 3. The zero-order valence-corrected chi connectivity index (χ0v) is 13.9. The third kappa shape index (κ3) is 2.86. The lowest BCUT2D eigenvalue weighted by Crippen LogP contribution is -2.32. The second-order valence-corrected chi connectivity index (χ2v) is 6.21. The molecule has 0 amide bonds. The van der Waals surface area contributed by atoms with Crippen molar-refractivity contribution in [2.45, 2.75) is 26.3 Å². The van der Waals surface area contributed by atoms with Crippen molar-refractivity contribution in [2.24, 2.45) is 0 Å². The summed E-state index contributed by atoms with van der Waals surface area (Å²) in [5.74, 6) is 0.449. The number of aryl methyl sites for hydroxylation is 1. The van der Waals surface area contributed by atoms with E-state index >= 15 is 0 Å². The highest BCUT2D eigenvalue weighted by molar-refractivity contribution is 5.85. The standard InChI is InChI=1S/C20H18FNO3/c1-2-3-13-10-19(23)25-20-16(13)8-9-18-17(20)11-22(12-24-18)15-6-4-14(21)5-7-15/h4-10H,2-3,11-12H2,1H3. The van der Waals surface area contributed by atoms with Crippen LogP contribution in [0.4, 0.5) is 10.1 Å². The lowest BCUT2D eigenvalue weighted by molar-refractivity contribution is 0.289. The van der Waals surface area contributed by atoms with E-state index in [4.69, 9.17) is 9.15 Å². The molecule has 0 N–H and O–H groups in total. The molecule has 1 aliphatic heterocycles. The van der Waals surface area contributed by atoms with Crippen molar-refractivity contribution < 1.29 is 13.5 Å². The minimum absolute atomic E-state index is 0.275. The van der Waals surface area contributed by atoms with E-state index in [1.807, 2.05) is 17.0 Å². The Balaban J connectivity index is 1.81. The van der Waals surface area contributed by atoms with Crippen LogP contribution in [0.3, 0.4) is 0 Å². The molecule has 0 atom stereocenters. The number of hydrogen-bond acceptors (Lipinski definition) is 4. The van der Waals surface area contributed by atoms with E-state index in [0.717, 1.165) is 40.8 Å². The fraction of sp³-hybridized carbons (Fsp3) is 0.250. The number of anilines is 1. The van der Waals surface area contributed by atoms with Gasteiger partial charge in [0.2, 0.25) is 0 Å². The summed E-state index contributed by atoms with van der Waals surface area (Å²) in [5, 5.41) is 0.949. The second kappa shape index (κ2) is 6.24. The molecule has 0 radical (unpaired) electrons. The molecule has 0 saturated carbocycles. The van der Waals surface area contributed by atoms with E-state index in [-0.39, 0.29) is 11.4 Å². The van der Waals surface area contributed by atoms with Gasteiger partial charge in [-0.3, -0.25) is 0 Å². The summed E-state index contributed by atoms with van der Waals surface area (Å²) in [6, 6.07) is 11.7. The molecule has 4 nitrogen and oxygen atoms in total. The molecule has 4 rings (SSSR count). The molecule has 0 bridgehead atoms. The van der Waals surface area contributed by atoms with Crippen LogP contribution in [0, 0.1) is 5.82 Å². The van der Waals surface area contributed by atoms with Crippen molar-refractivity contribution in [1.82, 2.24) is 0 Å². The predicted octanol–water partition coefficient (Wildman–Crippen LogP) is 4.24. The highest BCUT2D eigenvalue weighted by Gasteiger charge is 2.22. The van der Waals surface area contributed by atoms with Gasteiger partial charge in [0, 0.05) is 17.1 Å². The summed E-state index contributed by atoms with van der Waals surface area (Å²) in [4.78, 5) is 14.0. The Kier molecular flexibility index (Phi) is 3.92. The minimum Gasteiger partial charge on any atom is -0.473 e. The van der Waals surface area contributed by atoms with E-state index in [9.17, 15) is 9.18 Å². The van der Waals surface area contributed by atoms with Gasteiger partial charge in [-0.15, -0.1) is 0 Å². The smallest absolute Gasteiger partial charge is 0.336 e. The Bertz CT molecular complexity index is 979. The van der Waals surface area contributed by atoms with Crippen LogP contribution in [0.25, 0.3) is 11.0 Å². The van der Waals surface area contributed by atoms with Gasteiger partial charge >= 0.3 is 5.63 Å². The molecular formula is C20H18FNO3. The first-order chi connectivity index (χ1) is 12.2. The Morgan fingerprint density at radius 3 is 2.72 bits per heavy atom. The van der Waals surface area contributed by atoms with Crippen LogP contribution in [0.1, 0.15) is 24.5 Å². The van der Waals surface area contributed by atoms with E-state index < -0.39 is 0 Å². The molecule has 0 unspecified atom stereocenters. The third-order valence-corrected chi connectivity index (χ3v) is 4.49. The summed E-state index contributed by atoms with van der Waals surface area (Å²) in [7, 11) is 0. The molecule has 1 aromatic heterocycles. The Hall–Kier alpha value is -2.82. The van der Waals surface area contributed by atoms with Crippen LogP contribution < -0.4 is 15.3 Å². The van der Waals surface area contributed by atoms with Crippen molar-refractivity contribution in [3.8, 4) is 5.75 Å². The Labute approximate surface area is 144 Å². The molecule has 0 fully saturated rings. The van der Waals surface area contributed by atoms with Crippen LogP contribution in [0.15, 0.2) is 51.7 Å². The van der Waals surface area contributed by atoms with Gasteiger partial charge in [0.25, 0.3) is 0 Å². The fourth-order valence-electron chi connectivity index (χ4n) is 3.29. The second-order valence-electron chi connectivity index (χ2n) is 6.21. The highest BCUT2D eigenvalue weighted by atomic mass is 19.1. The first kappa shape index (κ1) is 15.7. The minimum atomic E-state index is -0.344. The zero-order chi connectivity index (χ0) is 17.4. The van der Waals surface area contributed by atoms with E-state index in [1.165, 1.54) is 12.1 Å². The lowest BCUT2D eigenvalue weighted by atomic mass is 10.0. The van der Waals surface area contributed by atoms with Crippen molar-refractivity contribution in [3.05, 3.63) is 69.8 Å². The van der Waals surface area contributed by atoms with Gasteiger partial charge in [-0.1, -0.05) is 13.3 Å². The molecule has 0 aliphatic carbocycles. The molecule has 3 aromatic rings. The molecule has 128 valence electrons. The van der Waals surface area contributed by atoms with Crippen molar-refractivity contribution in [1.29, 1.82) is 0 Å². The molecule has 25 heavy (non-hydrogen) atoms. The molecule has 2 heterocycles. The van der Waals surface area contributed by atoms with E-state index in [0.29, 0.717) is 18.9 Å². The molecule has 0 spiro atoms. The summed E-state index contributed by atoms with van der Waals surface area (Å²) in [6.07, 6.45) is 1.78. The number of hydrogen-bond donors (Lipinski definition) is 0. The monoisotopic (exact) mass is 339 g/mol. The Morgan fingerprint density at radius 2 is 1.96 bits per heavy atom. The number of nitrogens with zero attached hydrogens (tertiary/aromatic N) is 1. The zero-order valence-electron chi connectivity index (χ0n) is 13.9. The predicted molar refractivity (Wildman–Crippen MR) is 94.6 cm³/mol. The summed E-state index contributed by atoms with van der Waals surface area (Å²) >= 11 is 0. The van der Waals surface area contributed by atoms with Crippen LogP contribution in [-0.2, 0) is 13.0 Å². The quantitative estimate of drug-likeness (QED) is 0.669. The van der Waals surface area contributed by atoms with Crippen molar-refractivity contribution in [2.75, 3.05) is 11.6 Å². The maximum atomic E-state index is 13.2. The largest absolute Gasteiger partial charge is 0.473 e. The molecule has 0 saturated heterocycles. The first-order valence-electron chi connectivity index (χ1n) is 8.37. The maximum absolute atomic E-state index is 13.2. The van der Waals surface area contributed by atoms with E-state index in [2.05, 4.69) is 6.92 Å². The fourth-order valence-corrected chi connectivity index (χ4v) is 3.29. The van der Waals surface area contributed by atoms with Gasteiger partial charge in [0.05, 0.1) is 12.1 Å². The van der Waals surface area contributed by atoms with Crippen LogP contribution >= 0.6 is 0 Å². The van der Waals surface area contributed by atoms with Crippen LogP contribution in [0.2, 0.25) is 0 Å². The summed E-state index contributed by atoms with van der Waals surface area (Å²) in [6.45, 7) is 2.98. The summed E-state index contributed by atoms with van der Waals surface area (Å²) < 4.78 is 24.5. The summed E-state index contributed by atoms with van der Waals surface area (Å²) in [5.41, 5.74) is 2.94. The normalized spacial score (nSPS) is 13.6. The Morgan fingerprint density at radius 1 is 1.16 bits per heavy atom. The number of ether oxygens (including phenoxy) is 1. The van der Waals surface area contributed by atoms with Gasteiger partial charge in [-0.25, -0.2) is 9.18 Å². The average molecular weight is 339 g/mol. The van der Waals surface area contributed by atoms with Gasteiger partial charge in [0.1, 0.15) is 17.1 Å². The molecule has 2 aromatic carbocycles. The topological polar surface area (TPSA) is 42.7 Å². The van der Waals surface area contributed by atoms with Gasteiger partial charge in [0.15, 0.2) is 6.73 Å². The molecular weight excluding hydrogens is 321 g/mol. The third-order valence-electron chi connectivity index (χ3n) is 4.49. The van der Waals surface area contributed by atoms with E-state index in [1.54, 1.807) is 18.2 Å². The van der Waals surface area contributed by atoms with Crippen LogP contribution in [0.5, 0.6) is 5.75 Å². The van der Waals surface area contributed by atoms with Gasteiger partial charge in [-0.05, 0) is 48.4 Å².